The van der Waals surface area contributed by atoms with E-state index in [0.717, 1.165) is 0 Å². The van der Waals surface area contributed by atoms with Crippen LogP contribution in [0.3, 0.4) is 0 Å². The highest BCUT2D eigenvalue weighted by molar-refractivity contribution is 5.79. The summed E-state index contributed by atoms with van der Waals surface area (Å²) in [7, 11) is 4.51. The van der Waals surface area contributed by atoms with Gasteiger partial charge in [0.2, 0.25) is 12.5 Å². The second-order valence-electron chi connectivity index (χ2n) is 10.3. The van der Waals surface area contributed by atoms with Crippen molar-refractivity contribution in [3.8, 4) is 28.7 Å². The average molecular weight is 577 g/mol. The van der Waals surface area contributed by atoms with Crippen LogP contribution >= 0.6 is 0 Å². The molecule has 0 radical (unpaired) electrons. The van der Waals surface area contributed by atoms with Gasteiger partial charge in [-0.05, 0) is 41.0 Å². The Labute approximate surface area is 235 Å². The highest BCUT2D eigenvalue weighted by Crippen LogP contribution is 2.57. The lowest BCUT2D eigenvalue weighted by Gasteiger charge is -2.44. The van der Waals surface area contributed by atoms with Crippen molar-refractivity contribution in [2.75, 3.05) is 41.3 Å². The van der Waals surface area contributed by atoms with Crippen LogP contribution in [0.1, 0.15) is 28.7 Å². The van der Waals surface area contributed by atoms with Gasteiger partial charge in [0.25, 0.3) is 0 Å². The molecule has 2 saturated heterocycles. The summed E-state index contributed by atoms with van der Waals surface area (Å²) < 4.78 is 45.5. The fourth-order valence-electron chi connectivity index (χ4n) is 6.29. The number of carbonyl (C=O) groups excluding carboxylic acids is 1. The van der Waals surface area contributed by atoms with Gasteiger partial charge in [0.05, 0.1) is 46.6 Å². The minimum absolute atomic E-state index is 0.0141. The molecule has 13 heteroatoms. The van der Waals surface area contributed by atoms with Crippen LogP contribution in [0.2, 0.25) is 0 Å². The number of hydrogen-bond donors (Lipinski definition) is 4. The number of aliphatic hydroxyl groups is 4. The van der Waals surface area contributed by atoms with Gasteiger partial charge in [-0.15, -0.1) is 0 Å². The smallest absolute Gasteiger partial charge is 0.310 e. The fraction of sp³-hybridized carbons (Fsp3) is 0.536. The van der Waals surface area contributed by atoms with E-state index in [-0.39, 0.29) is 13.4 Å². The predicted octanol–water partition coefficient (Wildman–Crippen LogP) is 0.233. The van der Waals surface area contributed by atoms with E-state index in [1.54, 1.807) is 24.3 Å². The lowest BCUT2D eigenvalue weighted by atomic mass is 9.66. The Morgan fingerprint density at radius 2 is 1.51 bits per heavy atom. The van der Waals surface area contributed by atoms with Crippen molar-refractivity contribution < 1.29 is 63.1 Å². The molecule has 3 aliphatic heterocycles. The summed E-state index contributed by atoms with van der Waals surface area (Å²) >= 11 is 0. The summed E-state index contributed by atoms with van der Waals surface area (Å²) in [5, 5.41) is 41.0. The van der Waals surface area contributed by atoms with Crippen molar-refractivity contribution in [2.24, 2.45) is 11.8 Å². The van der Waals surface area contributed by atoms with Crippen LogP contribution in [0.25, 0.3) is 0 Å². The zero-order valence-electron chi connectivity index (χ0n) is 22.6. The second kappa shape index (κ2) is 10.8. The van der Waals surface area contributed by atoms with Gasteiger partial charge < -0.3 is 58.3 Å². The standard InChI is InChI=1S/C28H32O13/c1-34-17-4-11(5-18(35-2)26(17)36-3)20-12-6-15-16(39-10-38-15)7-13(12)25(14-9-37-27(33)21(14)20)41-28-24(32)23(31)22(30)19(8-29)40-28/h4-7,14,19-25,28-32H,8-10H2,1-3H3/t14-,19+,20+,21-,22+,23-,24+,25-,28-/m0/s1. The van der Waals surface area contributed by atoms with Crippen LogP contribution in [0.5, 0.6) is 28.7 Å². The largest absolute Gasteiger partial charge is 0.493 e. The van der Waals surface area contributed by atoms with E-state index in [0.29, 0.717) is 45.4 Å². The normalized spacial score (nSPS) is 33.5. The van der Waals surface area contributed by atoms with Gasteiger partial charge in [-0.1, -0.05) is 0 Å². The van der Waals surface area contributed by atoms with Crippen molar-refractivity contribution in [3.63, 3.8) is 0 Å². The first-order chi connectivity index (χ1) is 19.8. The molecule has 0 spiro atoms. The number of rotatable bonds is 7. The minimum atomic E-state index is -1.63. The zero-order valence-corrected chi connectivity index (χ0v) is 22.6. The lowest BCUT2D eigenvalue weighted by Crippen LogP contribution is -2.59. The van der Waals surface area contributed by atoms with E-state index >= 15 is 0 Å². The molecule has 41 heavy (non-hydrogen) atoms. The molecule has 0 aromatic heterocycles. The quantitative estimate of drug-likeness (QED) is 0.331. The van der Waals surface area contributed by atoms with Gasteiger partial charge in [0.1, 0.15) is 24.4 Å². The number of esters is 1. The summed E-state index contributed by atoms with van der Waals surface area (Å²) in [5.74, 6) is -0.112. The van der Waals surface area contributed by atoms with Crippen LogP contribution < -0.4 is 23.7 Å². The van der Waals surface area contributed by atoms with Crippen molar-refractivity contribution in [2.45, 2.75) is 42.7 Å². The molecular formula is C28H32O13. The Hall–Kier alpha value is -3.33. The van der Waals surface area contributed by atoms with Gasteiger partial charge in [-0.25, -0.2) is 0 Å². The van der Waals surface area contributed by atoms with Crippen molar-refractivity contribution in [1.29, 1.82) is 0 Å². The molecule has 0 amide bonds. The first-order valence-electron chi connectivity index (χ1n) is 13.2. The third-order valence-electron chi connectivity index (χ3n) is 8.29. The molecule has 2 aromatic carbocycles. The van der Waals surface area contributed by atoms with Gasteiger partial charge in [0.15, 0.2) is 29.3 Å². The topological polar surface area (TPSA) is 172 Å². The zero-order chi connectivity index (χ0) is 29.0. The third-order valence-corrected chi connectivity index (χ3v) is 8.29. The van der Waals surface area contributed by atoms with E-state index in [1.807, 2.05) is 0 Å². The number of cyclic esters (lactones) is 1. The maximum Gasteiger partial charge on any atom is 0.310 e. The van der Waals surface area contributed by atoms with Gasteiger partial charge in [-0.3, -0.25) is 4.79 Å². The monoisotopic (exact) mass is 576 g/mol. The molecular weight excluding hydrogens is 544 g/mol. The highest BCUT2D eigenvalue weighted by Gasteiger charge is 2.55. The third kappa shape index (κ3) is 4.44. The Balaban J connectivity index is 1.49. The summed E-state index contributed by atoms with van der Waals surface area (Å²) in [4.78, 5) is 13.4. The van der Waals surface area contributed by atoms with Crippen molar-refractivity contribution in [1.82, 2.24) is 0 Å². The van der Waals surface area contributed by atoms with E-state index in [9.17, 15) is 25.2 Å². The second-order valence-corrected chi connectivity index (χ2v) is 10.3. The van der Waals surface area contributed by atoms with E-state index in [2.05, 4.69) is 0 Å². The molecule has 0 bridgehead atoms. The van der Waals surface area contributed by atoms with Gasteiger partial charge in [-0.2, -0.15) is 0 Å². The molecule has 4 N–H and O–H groups in total. The minimum Gasteiger partial charge on any atom is -0.493 e. The van der Waals surface area contributed by atoms with Crippen molar-refractivity contribution >= 4 is 5.97 Å². The molecule has 222 valence electrons. The van der Waals surface area contributed by atoms with E-state index < -0.39 is 67.1 Å². The number of aliphatic hydroxyl groups excluding tert-OH is 4. The number of fused-ring (bicyclic) bond motifs is 3. The molecule has 2 aromatic rings. The molecule has 9 atom stereocenters. The summed E-state index contributed by atoms with van der Waals surface area (Å²) in [6.07, 6.45) is -8.26. The molecule has 4 aliphatic rings. The molecule has 0 unspecified atom stereocenters. The molecule has 1 aliphatic carbocycles. The van der Waals surface area contributed by atoms with Gasteiger partial charge in [0, 0.05) is 11.8 Å². The Morgan fingerprint density at radius 3 is 2.12 bits per heavy atom. The molecule has 6 rings (SSSR count). The molecule has 0 saturated carbocycles. The van der Waals surface area contributed by atoms with Gasteiger partial charge >= 0.3 is 5.97 Å². The number of carbonyl (C=O) groups is 1. The Kier molecular flexibility index (Phi) is 7.34. The number of ether oxygens (including phenoxy) is 8. The summed E-state index contributed by atoms with van der Waals surface area (Å²) in [6, 6.07) is 7.11. The highest BCUT2D eigenvalue weighted by atomic mass is 16.7. The Bertz CT molecular complexity index is 1290. The number of hydrogen-bond acceptors (Lipinski definition) is 13. The van der Waals surface area contributed by atoms with Crippen LogP contribution in [-0.4, -0.2) is 98.4 Å². The van der Waals surface area contributed by atoms with Crippen LogP contribution in [0.4, 0.5) is 0 Å². The SMILES string of the molecule is COc1cc([C@@H]2c3cc4c(cc3[C@H](O[C@@H]3O[C@H](CO)[C@@H](O)[C@H](O)[C@H]3O)[C@H]3COC(=O)[C@H]23)OCO4)cc(OC)c1OC. The maximum atomic E-state index is 13.4. The maximum absolute atomic E-state index is 13.4. The van der Waals surface area contributed by atoms with Crippen LogP contribution in [0, 0.1) is 11.8 Å². The van der Waals surface area contributed by atoms with Crippen LogP contribution in [0.15, 0.2) is 24.3 Å². The average Bonchev–Trinajstić information content (AvgIpc) is 3.61. The van der Waals surface area contributed by atoms with E-state index in [4.69, 9.17) is 37.9 Å². The molecule has 13 nitrogen and oxygen atoms in total. The van der Waals surface area contributed by atoms with Crippen molar-refractivity contribution in [3.05, 3.63) is 41.0 Å². The number of benzene rings is 2. The lowest BCUT2D eigenvalue weighted by molar-refractivity contribution is -0.317. The fourth-order valence-corrected chi connectivity index (χ4v) is 6.29. The first-order valence-corrected chi connectivity index (χ1v) is 13.2. The van der Waals surface area contributed by atoms with E-state index in [1.165, 1.54) is 21.3 Å². The molecule has 2 fully saturated rings. The van der Waals surface area contributed by atoms with Crippen LogP contribution in [-0.2, 0) is 19.0 Å². The Morgan fingerprint density at radius 1 is 0.854 bits per heavy atom. The number of methoxy groups -OCH3 is 3. The summed E-state index contributed by atoms with van der Waals surface area (Å²) in [6.45, 7) is -0.581. The predicted molar refractivity (Wildman–Crippen MR) is 136 cm³/mol. The molecule has 3 heterocycles. The first kappa shape index (κ1) is 27.8. The summed E-state index contributed by atoms with van der Waals surface area (Å²) in [5.41, 5.74) is 2.00.